The number of hydrogen-bond acceptors (Lipinski definition) is 1. The van der Waals surface area contributed by atoms with Crippen LogP contribution in [0.2, 0.25) is 0 Å². The molecule has 0 aliphatic heterocycles. The van der Waals surface area contributed by atoms with Gasteiger partial charge in [0.25, 0.3) is 0 Å². The molecule has 106 valence electrons. The van der Waals surface area contributed by atoms with E-state index in [-0.39, 0.29) is 6.04 Å². The van der Waals surface area contributed by atoms with E-state index in [1.807, 2.05) is 0 Å². The molecule has 0 heterocycles. The van der Waals surface area contributed by atoms with Crippen LogP contribution >= 0.6 is 31.9 Å². The van der Waals surface area contributed by atoms with Crippen molar-refractivity contribution in [2.75, 3.05) is 0 Å². The minimum absolute atomic E-state index is 0.0132. The summed E-state index contributed by atoms with van der Waals surface area (Å²) in [5.41, 5.74) is 8.79. The summed E-state index contributed by atoms with van der Waals surface area (Å²) >= 11 is 6.96. The van der Waals surface area contributed by atoms with Crippen LogP contribution in [0, 0.1) is 0 Å². The van der Waals surface area contributed by atoms with Gasteiger partial charge in [-0.2, -0.15) is 0 Å². The molecule has 21 heavy (non-hydrogen) atoms. The number of halogens is 2. The van der Waals surface area contributed by atoms with Gasteiger partial charge in [0.15, 0.2) is 0 Å². The molecule has 3 aromatic carbocycles. The third-order valence-corrected chi connectivity index (χ3v) is 4.65. The van der Waals surface area contributed by atoms with E-state index in [0.29, 0.717) is 0 Å². The van der Waals surface area contributed by atoms with Crippen molar-refractivity contribution in [3.8, 4) is 0 Å². The average Bonchev–Trinajstić information content (AvgIpc) is 2.49. The van der Waals surface area contributed by atoms with Gasteiger partial charge >= 0.3 is 0 Å². The highest BCUT2D eigenvalue weighted by molar-refractivity contribution is 9.10. The van der Waals surface area contributed by atoms with E-state index in [9.17, 15) is 0 Å². The molecule has 0 radical (unpaired) electrons. The first-order valence-electron chi connectivity index (χ1n) is 6.81. The Morgan fingerprint density at radius 2 is 1.38 bits per heavy atom. The van der Waals surface area contributed by atoms with Crippen molar-refractivity contribution in [2.45, 2.75) is 12.5 Å². The minimum Gasteiger partial charge on any atom is -0.324 e. The fourth-order valence-electron chi connectivity index (χ4n) is 2.46. The van der Waals surface area contributed by atoms with E-state index in [4.69, 9.17) is 5.73 Å². The summed E-state index contributed by atoms with van der Waals surface area (Å²) in [5, 5.41) is 2.45. The highest BCUT2D eigenvalue weighted by atomic mass is 79.9. The first-order chi connectivity index (χ1) is 10.1. The molecule has 0 aliphatic rings. The molecule has 0 saturated carbocycles. The SMILES string of the molecule is NC(Cc1ccc(Br)cc1)c1ccc2cc(Br)ccc2c1. The van der Waals surface area contributed by atoms with Crippen molar-refractivity contribution < 1.29 is 0 Å². The fourth-order valence-corrected chi connectivity index (χ4v) is 3.10. The molecule has 0 amide bonds. The van der Waals surface area contributed by atoms with Gasteiger partial charge in [-0.05, 0) is 58.7 Å². The quantitative estimate of drug-likeness (QED) is 0.603. The molecule has 0 bridgehead atoms. The Balaban J connectivity index is 1.85. The van der Waals surface area contributed by atoms with E-state index in [1.54, 1.807) is 0 Å². The zero-order valence-electron chi connectivity index (χ0n) is 11.4. The lowest BCUT2D eigenvalue weighted by molar-refractivity contribution is 0.723. The van der Waals surface area contributed by atoms with E-state index in [2.05, 4.69) is 92.5 Å². The standard InChI is InChI=1S/C18H15Br2N/c19-16-6-1-12(2-7-16)9-18(21)15-4-3-14-11-17(20)8-5-13(14)10-15/h1-8,10-11,18H,9,21H2. The molecule has 2 N–H and O–H groups in total. The van der Waals surface area contributed by atoms with Crippen molar-refractivity contribution in [1.29, 1.82) is 0 Å². The summed E-state index contributed by atoms with van der Waals surface area (Å²) in [7, 11) is 0. The zero-order valence-corrected chi connectivity index (χ0v) is 14.6. The summed E-state index contributed by atoms with van der Waals surface area (Å²) < 4.78 is 2.19. The second kappa shape index (κ2) is 6.30. The topological polar surface area (TPSA) is 26.0 Å². The van der Waals surface area contributed by atoms with Crippen molar-refractivity contribution in [3.05, 3.63) is 80.7 Å². The van der Waals surface area contributed by atoms with Crippen molar-refractivity contribution in [3.63, 3.8) is 0 Å². The van der Waals surface area contributed by atoms with Crippen molar-refractivity contribution >= 4 is 42.6 Å². The number of benzene rings is 3. The van der Waals surface area contributed by atoms with Crippen molar-refractivity contribution in [1.82, 2.24) is 0 Å². The third-order valence-electron chi connectivity index (χ3n) is 3.62. The first kappa shape index (κ1) is 14.8. The number of fused-ring (bicyclic) bond motifs is 1. The predicted octanol–water partition coefficient (Wildman–Crippen LogP) is 5.61. The molecule has 1 atom stereocenters. The Kier molecular flexibility index (Phi) is 4.43. The molecule has 3 aromatic rings. The number of hydrogen-bond donors (Lipinski definition) is 1. The second-order valence-electron chi connectivity index (χ2n) is 5.19. The summed E-state index contributed by atoms with van der Waals surface area (Å²) in [4.78, 5) is 0. The van der Waals surface area contributed by atoms with Crippen LogP contribution in [0.3, 0.4) is 0 Å². The molecule has 3 heteroatoms. The Morgan fingerprint density at radius 3 is 2.14 bits per heavy atom. The van der Waals surface area contributed by atoms with Crippen LogP contribution in [0.15, 0.2) is 69.6 Å². The number of rotatable bonds is 3. The maximum Gasteiger partial charge on any atom is 0.0335 e. The van der Waals surface area contributed by atoms with Gasteiger partial charge in [0, 0.05) is 15.0 Å². The first-order valence-corrected chi connectivity index (χ1v) is 8.40. The maximum atomic E-state index is 6.37. The molecule has 0 aliphatic carbocycles. The molecule has 0 fully saturated rings. The molecular formula is C18H15Br2N. The van der Waals surface area contributed by atoms with Crippen LogP contribution in [-0.4, -0.2) is 0 Å². The van der Waals surface area contributed by atoms with Gasteiger partial charge in [-0.25, -0.2) is 0 Å². The van der Waals surface area contributed by atoms with E-state index < -0.39 is 0 Å². The maximum absolute atomic E-state index is 6.37. The molecule has 1 nitrogen and oxygen atoms in total. The Bertz CT molecular complexity index is 766. The highest BCUT2D eigenvalue weighted by Gasteiger charge is 2.08. The third kappa shape index (κ3) is 3.54. The minimum atomic E-state index is 0.0132. The van der Waals surface area contributed by atoms with Crippen molar-refractivity contribution in [2.24, 2.45) is 5.73 Å². The summed E-state index contributed by atoms with van der Waals surface area (Å²) in [6.07, 6.45) is 0.843. The molecule has 0 spiro atoms. The monoisotopic (exact) mass is 403 g/mol. The normalized spacial score (nSPS) is 12.5. The Labute approximate surface area is 141 Å². The largest absolute Gasteiger partial charge is 0.324 e. The Hall–Kier alpha value is -1.16. The lowest BCUT2D eigenvalue weighted by Crippen LogP contribution is -2.13. The van der Waals surface area contributed by atoms with Gasteiger partial charge in [0.05, 0.1) is 0 Å². The van der Waals surface area contributed by atoms with Crippen LogP contribution in [0.1, 0.15) is 17.2 Å². The zero-order chi connectivity index (χ0) is 14.8. The summed E-state index contributed by atoms with van der Waals surface area (Å²) in [5.74, 6) is 0. The van der Waals surface area contributed by atoms with Crippen LogP contribution in [0.5, 0.6) is 0 Å². The van der Waals surface area contributed by atoms with Crippen LogP contribution < -0.4 is 5.73 Å². The predicted molar refractivity (Wildman–Crippen MR) is 96.4 cm³/mol. The van der Waals surface area contributed by atoms with Gasteiger partial charge in [-0.1, -0.05) is 62.2 Å². The molecule has 3 rings (SSSR count). The van der Waals surface area contributed by atoms with Gasteiger partial charge in [-0.15, -0.1) is 0 Å². The molecule has 0 aromatic heterocycles. The van der Waals surface area contributed by atoms with E-state index in [1.165, 1.54) is 21.9 Å². The van der Waals surface area contributed by atoms with Crippen LogP contribution in [0.4, 0.5) is 0 Å². The Morgan fingerprint density at radius 1 is 0.762 bits per heavy atom. The highest BCUT2D eigenvalue weighted by Crippen LogP contribution is 2.24. The number of nitrogens with two attached hydrogens (primary N) is 1. The van der Waals surface area contributed by atoms with Gasteiger partial charge < -0.3 is 5.73 Å². The van der Waals surface area contributed by atoms with Crippen LogP contribution in [0.25, 0.3) is 10.8 Å². The summed E-state index contributed by atoms with van der Waals surface area (Å²) in [6, 6.07) is 21.1. The lowest BCUT2D eigenvalue weighted by Gasteiger charge is -2.13. The molecule has 0 saturated heterocycles. The lowest BCUT2D eigenvalue weighted by atomic mass is 9.97. The second-order valence-corrected chi connectivity index (χ2v) is 7.02. The van der Waals surface area contributed by atoms with Crippen LogP contribution in [-0.2, 0) is 6.42 Å². The summed E-state index contributed by atoms with van der Waals surface area (Å²) in [6.45, 7) is 0. The molecule has 1 unspecified atom stereocenters. The van der Waals surface area contributed by atoms with Gasteiger partial charge in [0.2, 0.25) is 0 Å². The fraction of sp³-hybridized carbons (Fsp3) is 0.111. The molecular weight excluding hydrogens is 390 g/mol. The van der Waals surface area contributed by atoms with E-state index >= 15 is 0 Å². The smallest absolute Gasteiger partial charge is 0.0335 e. The van der Waals surface area contributed by atoms with Gasteiger partial charge in [0.1, 0.15) is 0 Å². The average molecular weight is 405 g/mol. The van der Waals surface area contributed by atoms with E-state index in [0.717, 1.165) is 15.4 Å². The van der Waals surface area contributed by atoms with Gasteiger partial charge in [-0.3, -0.25) is 0 Å².